The van der Waals surface area contributed by atoms with E-state index in [0.717, 1.165) is 29.5 Å². The van der Waals surface area contributed by atoms with Crippen molar-refractivity contribution in [1.29, 1.82) is 0 Å². The van der Waals surface area contributed by atoms with Crippen molar-refractivity contribution in [1.82, 2.24) is 0 Å². The fourth-order valence-corrected chi connectivity index (χ4v) is 5.32. The maximum Gasteiger partial charge on any atom is 0.421 e. The van der Waals surface area contributed by atoms with Gasteiger partial charge in [0.2, 0.25) is 0 Å². The molecular formula is C32H28ClF3N4O. The SMILES string of the molecule is [N-]=[N+]=NCC(OCC1CC1)(c1cc(Cl)ccc1NC(c1ccccc1)(c1ccccc1)c1ccccc1)C(F)(F)F. The number of hydrogen-bond donors (Lipinski definition) is 1. The summed E-state index contributed by atoms with van der Waals surface area (Å²) in [6, 6.07) is 32.9. The lowest BCUT2D eigenvalue weighted by Gasteiger charge is -2.41. The zero-order chi connectivity index (χ0) is 28.9. The van der Waals surface area contributed by atoms with Gasteiger partial charge in [-0.25, -0.2) is 0 Å². The number of ether oxygens (including phenoxy) is 1. The summed E-state index contributed by atoms with van der Waals surface area (Å²) in [5.41, 5.74) is 7.37. The second-order valence-corrected chi connectivity index (χ2v) is 10.6. The molecule has 1 aliphatic rings. The number of alkyl halides is 3. The van der Waals surface area contributed by atoms with Crippen LogP contribution in [0.2, 0.25) is 5.02 Å². The molecule has 0 aliphatic heterocycles. The van der Waals surface area contributed by atoms with Crippen LogP contribution in [0.3, 0.4) is 0 Å². The van der Waals surface area contributed by atoms with Crippen molar-refractivity contribution >= 4 is 17.3 Å². The highest BCUT2D eigenvalue weighted by Crippen LogP contribution is 2.49. The molecule has 4 aromatic rings. The molecule has 41 heavy (non-hydrogen) atoms. The maximum atomic E-state index is 15.2. The number of hydrogen-bond acceptors (Lipinski definition) is 3. The van der Waals surface area contributed by atoms with Gasteiger partial charge >= 0.3 is 6.18 Å². The molecule has 0 saturated heterocycles. The molecule has 210 valence electrons. The smallest absolute Gasteiger partial charge is 0.368 e. The largest absolute Gasteiger partial charge is 0.421 e. The van der Waals surface area contributed by atoms with Gasteiger partial charge in [-0.05, 0) is 59.2 Å². The van der Waals surface area contributed by atoms with Gasteiger partial charge in [0.15, 0.2) is 5.60 Å². The van der Waals surface area contributed by atoms with Gasteiger partial charge in [0.25, 0.3) is 0 Å². The minimum atomic E-state index is -4.92. The summed E-state index contributed by atoms with van der Waals surface area (Å²) in [4.78, 5) is 2.66. The molecule has 5 nitrogen and oxygen atoms in total. The second-order valence-electron chi connectivity index (χ2n) is 10.1. The van der Waals surface area contributed by atoms with Gasteiger partial charge in [-0.2, -0.15) is 13.2 Å². The molecule has 1 N–H and O–H groups in total. The molecule has 1 unspecified atom stereocenters. The molecule has 0 aromatic heterocycles. The molecule has 9 heteroatoms. The minimum Gasteiger partial charge on any atom is -0.368 e. The summed E-state index contributed by atoms with van der Waals surface area (Å²) in [6.07, 6.45) is -3.35. The molecule has 1 aliphatic carbocycles. The van der Waals surface area contributed by atoms with Gasteiger partial charge < -0.3 is 10.1 Å². The highest BCUT2D eigenvalue weighted by atomic mass is 35.5. The third-order valence-electron chi connectivity index (χ3n) is 7.44. The number of benzene rings is 4. The third-order valence-corrected chi connectivity index (χ3v) is 7.67. The fraction of sp³-hybridized carbons (Fsp3) is 0.250. The molecule has 0 heterocycles. The van der Waals surface area contributed by atoms with Crippen LogP contribution in [0.1, 0.15) is 35.1 Å². The number of azide groups is 1. The van der Waals surface area contributed by atoms with Gasteiger partial charge in [-0.3, -0.25) is 0 Å². The zero-order valence-corrected chi connectivity index (χ0v) is 22.8. The molecule has 0 amide bonds. The van der Waals surface area contributed by atoms with Crippen molar-refractivity contribution < 1.29 is 17.9 Å². The van der Waals surface area contributed by atoms with E-state index in [4.69, 9.17) is 21.9 Å². The number of nitrogens with zero attached hydrogens (tertiary/aromatic N) is 3. The average Bonchev–Trinajstić information content (AvgIpc) is 3.82. The van der Waals surface area contributed by atoms with Gasteiger partial charge in [0, 0.05) is 21.2 Å². The Kier molecular flexibility index (Phi) is 8.27. The zero-order valence-electron chi connectivity index (χ0n) is 22.1. The van der Waals surface area contributed by atoms with E-state index < -0.39 is 23.9 Å². The normalized spacial score (nSPS) is 15.0. The summed E-state index contributed by atoms with van der Waals surface area (Å²) in [5, 5.41) is 7.01. The predicted octanol–water partition coefficient (Wildman–Crippen LogP) is 9.24. The number of rotatable bonds is 11. The topological polar surface area (TPSA) is 70.0 Å². The van der Waals surface area contributed by atoms with Crippen LogP contribution in [0.15, 0.2) is 114 Å². The van der Waals surface area contributed by atoms with Crippen LogP contribution < -0.4 is 5.32 Å². The lowest BCUT2D eigenvalue weighted by atomic mass is 9.76. The van der Waals surface area contributed by atoms with Crippen molar-refractivity contribution in [2.24, 2.45) is 11.0 Å². The van der Waals surface area contributed by atoms with Crippen LogP contribution in [0.4, 0.5) is 18.9 Å². The lowest BCUT2D eigenvalue weighted by Crippen LogP contribution is -2.49. The maximum absolute atomic E-state index is 15.2. The van der Waals surface area contributed by atoms with Crippen molar-refractivity contribution in [2.45, 2.75) is 30.2 Å². The second kappa shape index (κ2) is 11.9. The van der Waals surface area contributed by atoms with Gasteiger partial charge in [0.1, 0.15) is 5.54 Å². The van der Waals surface area contributed by atoms with Crippen molar-refractivity contribution in [3.8, 4) is 0 Å². The van der Waals surface area contributed by atoms with E-state index in [2.05, 4.69) is 15.3 Å². The quantitative estimate of drug-likeness (QED) is 0.0836. The lowest BCUT2D eigenvalue weighted by molar-refractivity contribution is -0.281. The predicted molar refractivity (Wildman–Crippen MR) is 155 cm³/mol. The number of nitrogens with one attached hydrogen (secondary N) is 1. The molecule has 0 spiro atoms. The Labute approximate surface area is 241 Å². The summed E-state index contributed by atoms with van der Waals surface area (Å²) < 4.78 is 51.3. The van der Waals surface area contributed by atoms with E-state index in [1.54, 1.807) is 0 Å². The van der Waals surface area contributed by atoms with Gasteiger partial charge in [-0.1, -0.05) is 108 Å². The Morgan fingerprint density at radius 2 is 1.34 bits per heavy atom. The Morgan fingerprint density at radius 1 is 0.829 bits per heavy atom. The van der Waals surface area contributed by atoms with Crippen molar-refractivity contribution in [3.05, 3.63) is 147 Å². The molecule has 1 atom stereocenters. The van der Waals surface area contributed by atoms with Crippen molar-refractivity contribution in [2.75, 3.05) is 18.5 Å². The van der Waals surface area contributed by atoms with Crippen LogP contribution in [0.5, 0.6) is 0 Å². The highest BCUT2D eigenvalue weighted by Gasteiger charge is 2.59. The monoisotopic (exact) mass is 576 g/mol. The summed E-state index contributed by atoms with van der Waals surface area (Å²) >= 11 is 6.35. The first-order chi connectivity index (χ1) is 19.8. The molecule has 0 bridgehead atoms. The standard InChI is InChI=1S/C32H28ClF3N4O/c33-27-18-19-29(28(20-27)30(22-38-40-37,32(34,35)36)41-21-23-16-17-23)39-31(24-10-4-1-5-11-24,25-12-6-2-7-13-25)26-14-8-3-9-15-26/h1-15,18-20,23,39H,16-17,21-22H2. The van der Waals surface area contributed by atoms with E-state index >= 15 is 13.2 Å². The molecule has 4 aromatic carbocycles. The number of halogens is 4. The van der Waals surface area contributed by atoms with Gasteiger partial charge in [-0.15, -0.1) is 0 Å². The Hall–Kier alpha value is -3.97. The molecule has 1 saturated carbocycles. The van der Waals surface area contributed by atoms with Crippen LogP contribution in [0.25, 0.3) is 10.4 Å². The van der Waals surface area contributed by atoms with E-state index in [9.17, 15) is 0 Å². The van der Waals surface area contributed by atoms with Crippen molar-refractivity contribution in [3.63, 3.8) is 0 Å². The Morgan fingerprint density at radius 3 is 1.78 bits per heavy atom. The first-order valence-electron chi connectivity index (χ1n) is 13.3. The molecule has 0 radical (unpaired) electrons. The van der Waals surface area contributed by atoms with E-state index in [0.29, 0.717) is 0 Å². The highest BCUT2D eigenvalue weighted by molar-refractivity contribution is 6.30. The Balaban J connectivity index is 1.79. The van der Waals surface area contributed by atoms with Crippen LogP contribution >= 0.6 is 11.6 Å². The summed E-state index contributed by atoms with van der Waals surface area (Å²) in [5.74, 6) is 0.0235. The third kappa shape index (κ3) is 5.77. The molecule has 1 fully saturated rings. The number of anilines is 1. The van der Waals surface area contributed by atoms with Crippen LogP contribution in [0, 0.1) is 5.92 Å². The summed E-state index contributed by atoms with van der Waals surface area (Å²) in [6.45, 7) is -1.10. The summed E-state index contributed by atoms with van der Waals surface area (Å²) in [7, 11) is 0. The molecular weight excluding hydrogens is 549 g/mol. The first kappa shape index (κ1) is 28.6. The van der Waals surface area contributed by atoms with E-state index in [1.807, 2.05) is 91.0 Å². The average molecular weight is 577 g/mol. The van der Waals surface area contributed by atoms with Gasteiger partial charge in [0.05, 0.1) is 13.2 Å². The van der Waals surface area contributed by atoms with E-state index in [-0.39, 0.29) is 28.8 Å². The molecule has 5 rings (SSSR count). The Bertz CT molecular complexity index is 1410. The van der Waals surface area contributed by atoms with E-state index in [1.165, 1.54) is 18.2 Å². The van der Waals surface area contributed by atoms with Crippen LogP contribution in [-0.4, -0.2) is 19.3 Å². The fourth-order valence-electron chi connectivity index (χ4n) is 5.15. The van der Waals surface area contributed by atoms with Crippen LogP contribution in [-0.2, 0) is 15.9 Å². The first-order valence-corrected chi connectivity index (χ1v) is 13.6. The minimum absolute atomic E-state index is 0.0235.